The van der Waals surface area contributed by atoms with Crippen LogP contribution in [0.2, 0.25) is 0 Å². The van der Waals surface area contributed by atoms with E-state index in [0.29, 0.717) is 24.5 Å². The largest absolute Gasteiger partial charge is 0.383 e. The summed E-state index contributed by atoms with van der Waals surface area (Å²) >= 11 is 0. The maximum Gasteiger partial charge on any atom is 0.270 e. The highest BCUT2D eigenvalue weighted by Crippen LogP contribution is 2.28. The Morgan fingerprint density at radius 3 is 2.66 bits per heavy atom. The van der Waals surface area contributed by atoms with Crippen molar-refractivity contribution in [2.24, 2.45) is 0 Å². The number of methoxy groups -OCH3 is 1. The predicted molar refractivity (Wildman–Crippen MR) is 123 cm³/mol. The minimum Gasteiger partial charge on any atom is -0.383 e. The second-order valence-electron chi connectivity index (χ2n) is 6.87. The molecular weight excluding hydrogens is 408 g/mol. The number of aromatic nitrogens is 1. The molecular formula is C24H24N4O4. The van der Waals surface area contributed by atoms with Crippen molar-refractivity contribution in [3.05, 3.63) is 72.9 Å². The van der Waals surface area contributed by atoms with E-state index in [0.717, 1.165) is 16.3 Å². The van der Waals surface area contributed by atoms with E-state index in [4.69, 9.17) is 4.74 Å². The Labute approximate surface area is 185 Å². The summed E-state index contributed by atoms with van der Waals surface area (Å²) in [5.41, 5.74) is 2.22. The van der Waals surface area contributed by atoms with Gasteiger partial charge >= 0.3 is 0 Å². The molecule has 3 amide bonds. The second kappa shape index (κ2) is 10.8. The maximum absolute atomic E-state index is 12.4. The fraction of sp³-hybridized carbons (Fsp3) is 0.167. The molecule has 1 aromatic heterocycles. The number of pyridine rings is 1. The molecule has 0 aliphatic rings. The molecule has 0 spiro atoms. The van der Waals surface area contributed by atoms with Gasteiger partial charge in [-0.05, 0) is 35.7 Å². The quantitative estimate of drug-likeness (QED) is 0.356. The highest BCUT2D eigenvalue weighted by molar-refractivity contribution is 6.06. The van der Waals surface area contributed by atoms with Crippen molar-refractivity contribution in [1.29, 1.82) is 0 Å². The fourth-order valence-corrected chi connectivity index (χ4v) is 3.05. The molecule has 32 heavy (non-hydrogen) atoms. The summed E-state index contributed by atoms with van der Waals surface area (Å²) < 4.78 is 4.86. The summed E-state index contributed by atoms with van der Waals surface area (Å²) in [5.74, 6) is -1.06. The van der Waals surface area contributed by atoms with E-state index in [2.05, 4.69) is 27.5 Å². The van der Waals surface area contributed by atoms with Gasteiger partial charge in [0.2, 0.25) is 11.8 Å². The van der Waals surface area contributed by atoms with Gasteiger partial charge in [0.1, 0.15) is 5.69 Å². The third-order valence-electron chi connectivity index (χ3n) is 4.64. The molecule has 0 radical (unpaired) electrons. The van der Waals surface area contributed by atoms with Crippen molar-refractivity contribution < 1.29 is 19.1 Å². The van der Waals surface area contributed by atoms with Gasteiger partial charge in [0.25, 0.3) is 5.91 Å². The number of fused-ring (bicyclic) bond motifs is 1. The van der Waals surface area contributed by atoms with Crippen LogP contribution in [0.25, 0.3) is 22.0 Å². The van der Waals surface area contributed by atoms with E-state index in [1.165, 1.54) is 6.08 Å². The maximum atomic E-state index is 12.4. The van der Waals surface area contributed by atoms with Crippen LogP contribution in [0.15, 0.2) is 67.3 Å². The standard InChI is InChI=1S/C24H24N4O4/c1-3-22(29)28-20-8-4-6-16-10-11-17(14-18(16)20)19-7-5-9-21(27-19)24(31)26-15-23(30)25-12-13-32-2/h3-11,14H,1,12-13,15H2,2H3,(H,25,30)(H,26,31)(H,28,29). The van der Waals surface area contributed by atoms with Crippen molar-refractivity contribution in [3.8, 4) is 11.3 Å². The molecule has 0 saturated heterocycles. The lowest BCUT2D eigenvalue weighted by atomic mass is 10.0. The van der Waals surface area contributed by atoms with Crippen molar-refractivity contribution >= 4 is 34.2 Å². The molecule has 0 atom stereocenters. The lowest BCUT2D eigenvalue weighted by molar-refractivity contribution is -0.120. The SMILES string of the molecule is C=CC(=O)Nc1cccc2ccc(-c3cccc(C(=O)NCC(=O)NCCOC)n3)cc12. The number of hydrogen-bond donors (Lipinski definition) is 3. The third kappa shape index (κ3) is 5.77. The van der Waals surface area contributed by atoms with Gasteiger partial charge in [0.15, 0.2) is 0 Å². The van der Waals surface area contributed by atoms with Gasteiger partial charge in [-0.15, -0.1) is 0 Å². The average Bonchev–Trinajstić information content (AvgIpc) is 2.82. The molecule has 0 saturated carbocycles. The molecule has 0 aliphatic heterocycles. The van der Waals surface area contributed by atoms with Crippen LogP contribution in [-0.4, -0.2) is 49.5 Å². The zero-order valence-electron chi connectivity index (χ0n) is 17.7. The Balaban J connectivity index is 1.79. The topological polar surface area (TPSA) is 109 Å². The first-order valence-corrected chi connectivity index (χ1v) is 9.99. The van der Waals surface area contributed by atoms with Gasteiger partial charge in [-0.25, -0.2) is 4.98 Å². The molecule has 8 heteroatoms. The van der Waals surface area contributed by atoms with E-state index in [-0.39, 0.29) is 24.1 Å². The van der Waals surface area contributed by atoms with Crippen molar-refractivity contribution in [3.63, 3.8) is 0 Å². The van der Waals surface area contributed by atoms with Crippen molar-refractivity contribution in [1.82, 2.24) is 15.6 Å². The number of amides is 3. The highest BCUT2D eigenvalue weighted by Gasteiger charge is 2.12. The molecule has 0 unspecified atom stereocenters. The average molecular weight is 432 g/mol. The number of rotatable bonds is 9. The second-order valence-corrected chi connectivity index (χ2v) is 6.87. The molecule has 3 N–H and O–H groups in total. The van der Waals surface area contributed by atoms with Crippen LogP contribution in [0.5, 0.6) is 0 Å². The molecule has 2 aromatic carbocycles. The Morgan fingerprint density at radius 1 is 1.06 bits per heavy atom. The van der Waals surface area contributed by atoms with E-state index in [9.17, 15) is 14.4 Å². The first-order valence-electron chi connectivity index (χ1n) is 9.99. The summed E-state index contributed by atoms with van der Waals surface area (Å²) in [7, 11) is 1.54. The number of nitrogens with one attached hydrogen (secondary N) is 3. The van der Waals surface area contributed by atoms with Gasteiger partial charge < -0.3 is 20.7 Å². The Hall–Kier alpha value is -4.04. The monoisotopic (exact) mass is 432 g/mol. The molecule has 3 rings (SSSR count). The van der Waals surface area contributed by atoms with Crippen LogP contribution in [0, 0.1) is 0 Å². The first-order chi connectivity index (χ1) is 15.5. The smallest absolute Gasteiger partial charge is 0.270 e. The van der Waals surface area contributed by atoms with Crippen molar-refractivity contribution in [2.45, 2.75) is 0 Å². The van der Waals surface area contributed by atoms with E-state index in [1.54, 1.807) is 25.3 Å². The lowest BCUT2D eigenvalue weighted by Crippen LogP contribution is -2.38. The zero-order valence-corrected chi connectivity index (χ0v) is 17.7. The summed E-state index contributed by atoms with van der Waals surface area (Å²) in [6.45, 7) is 4.09. The number of hydrogen-bond acceptors (Lipinski definition) is 5. The van der Waals surface area contributed by atoms with E-state index >= 15 is 0 Å². The Bertz CT molecular complexity index is 1160. The number of nitrogens with zero attached hydrogens (tertiary/aromatic N) is 1. The van der Waals surface area contributed by atoms with E-state index < -0.39 is 5.91 Å². The van der Waals surface area contributed by atoms with Gasteiger partial charge in [-0.2, -0.15) is 0 Å². The van der Waals surface area contributed by atoms with Gasteiger partial charge in [-0.3, -0.25) is 14.4 Å². The molecule has 164 valence electrons. The Morgan fingerprint density at radius 2 is 1.88 bits per heavy atom. The molecule has 1 heterocycles. The first kappa shape index (κ1) is 22.6. The van der Waals surface area contributed by atoms with Crippen LogP contribution < -0.4 is 16.0 Å². The predicted octanol–water partition coefficient (Wildman–Crippen LogP) is 2.52. The summed E-state index contributed by atoms with van der Waals surface area (Å²) in [6.07, 6.45) is 1.21. The number of carbonyl (C=O) groups excluding carboxylic acids is 3. The molecule has 3 aromatic rings. The van der Waals surface area contributed by atoms with Gasteiger partial charge in [-0.1, -0.05) is 36.9 Å². The fourth-order valence-electron chi connectivity index (χ4n) is 3.05. The zero-order chi connectivity index (χ0) is 22.9. The lowest BCUT2D eigenvalue weighted by Gasteiger charge is -2.10. The summed E-state index contributed by atoms with van der Waals surface area (Å²) in [4.78, 5) is 40.4. The minimum atomic E-state index is -0.450. The van der Waals surface area contributed by atoms with Crippen LogP contribution in [0.4, 0.5) is 5.69 Å². The molecule has 0 fully saturated rings. The highest BCUT2D eigenvalue weighted by atomic mass is 16.5. The molecule has 0 aliphatic carbocycles. The van der Waals surface area contributed by atoms with E-state index in [1.807, 2.05) is 36.4 Å². The summed E-state index contributed by atoms with van der Waals surface area (Å²) in [6, 6.07) is 16.4. The number of ether oxygens (including phenoxy) is 1. The minimum absolute atomic E-state index is 0.156. The number of carbonyl (C=O) groups is 3. The number of anilines is 1. The summed E-state index contributed by atoms with van der Waals surface area (Å²) in [5, 5.41) is 9.78. The van der Waals surface area contributed by atoms with Crippen LogP contribution >= 0.6 is 0 Å². The normalized spacial score (nSPS) is 10.4. The van der Waals surface area contributed by atoms with Crippen LogP contribution in [0.1, 0.15) is 10.5 Å². The van der Waals surface area contributed by atoms with Gasteiger partial charge in [0, 0.05) is 30.3 Å². The van der Waals surface area contributed by atoms with Crippen molar-refractivity contribution in [2.75, 3.05) is 32.1 Å². The third-order valence-corrected chi connectivity index (χ3v) is 4.64. The van der Waals surface area contributed by atoms with Crippen LogP contribution in [0.3, 0.4) is 0 Å². The number of benzene rings is 2. The molecule has 8 nitrogen and oxygen atoms in total. The van der Waals surface area contributed by atoms with Crippen LogP contribution in [-0.2, 0) is 14.3 Å². The Kier molecular flexibility index (Phi) is 7.66. The molecule has 0 bridgehead atoms. The van der Waals surface area contributed by atoms with Gasteiger partial charge in [0.05, 0.1) is 18.8 Å².